The molecule has 0 radical (unpaired) electrons. The maximum Gasteiger partial charge on any atom is 0.419 e. The Kier molecular flexibility index (Phi) is 12.4. The molecule has 4 fully saturated rings. The fourth-order valence-corrected chi connectivity index (χ4v) is 10.0. The van der Waals surface area contributed by atoms with Crippen molar-refractivity contribution in [2.24, 2.45) is 13.0 Å². The van der Waals surface area contributed by atoms with Gasteiger partial charge in [0, 0.05) is 44.5 Å². The Bertz CT molecular complexity index is 2320. The van der Waals surface area contributed by atoms with Gasteiger partial charge in [-0.3, -0.25) is 39.0 Å². The van der Waals surface area contributed by atoms with E-state index < -0.39 is 65.4 Å². The molecule has 3 aliphatic heterocycles. The zero-order valence-electron chi connectivity index (χ0n) is 34.3. The number of hydrogen-bond acceptors (Lipinski definition) is 10. The molecule has 3 saturated heterocycles. The largest absolute Gasteiger partial charge is 0.419 e. The number of alkyl halides is 6. The minimum atomic E-state index is -4.87. The molecule has 2 atom stereocenters. The van der Waals surface area contributed by atoms with E-state index >= 15 is 0 Å². The number of piperidine rings is 1. The van der Waals surface area contributed by atoms with Gasteiger partial charge in [-0.15, -0.1) is 0 Å². The van der Waals surface area contributed by atoms with Crippen LogP contribution in [-0.2, 0) is 32.4 Å². The summed E-state index contributed by atoms with van der Waals surface area (Å²) in [6.45, 7) is 3.35. The monoisotopic (exact) mass is 888 g/mol. The average Bonchev–Trinajstić information content (AvgIpc) is 3.63. The third-order valence-corrected chi connectivity index (χ3v) is 13.0. The highest BCUT2D eigenvalue weighted by Gasteiger charge is 2.53. The number of piperazine rings is 1. The van der Waals surface area contributed by atoms with Crippen LogP contribution in [-0.4, -0.2) is 115 Å². The number of nitrogens with one attached hydrogen (secondary N) is 2. The molecule has 4 aliphatic rings. The number of imide groups is 1. The lowest BCUT2D eigenvalue weighted by molar-refractivity contribution is -0.197. The number of anilines is 2. The molecule has 7 rings (SSSR count). The Morgan fingerprint density at radius 2 is 1.79 bits per heavy atom. The number of aromatic nitrogens is 3. The van der Waals surface area contributed by atoms with Gasteiger partial charge in [0.15, 0.2) is 10.8 Å². The van der Waals surface area contributed by atoms with E-state index in [-0.39, 0.29) is 54.6 Å². The highest BCUT2D eigenvalue weighted by Crippen LogP contribution is 2.42. The lowest BCUT2D eigenvalue weighted by atomic mass is 9.82. The molecule has 21 heteroatoms. The fraction of sp³-hybridized carbons (Fsp3) is 0.561. The zero-order chi connectivity index (χ0) is 44.9. The molecule has 4 amide bonds. The van der Waals surface area contributed by atoms with Crippen LogP contribution in [0.4, 0.5) is 37.7 Å². The van der Waals surface area contributed by atoms with Crippen LogP contribution in [0.2, 0.25) is 0 Å². The van der Waals surface area contributed by atoms with E-state index in [1.807, 2.05) is 0 Å². The van der Waals surface area contributed by atoms with Gasteiger partial charge in [0.1, 0.15) is 17.6 Å². The van der Waals surface area contributed by atoms with Crippen molar-refractivity contribution in [3.8, 4) is 6.07 Å². The fourth-order valence-electron chi connectivity index (χ4n) is 9.46. The number of hydrogen-bond donors (Lipinski definition) is 2. The first-order valence-electron chi connectivity index (χ1n) is 20.5. The van der Waals surface area contributed by atoms with Crippen LogP contribution in [0.1, 0.15) is 88.1 Å². The first-order chi connectivity index (χ1) is 29.2. The summed E-state index contributed by atoms with van der Waals surface area (Å²) < 4.78 is 86.1. The summed E-state index contributed by atoms with van der Waals surface area (Å²) in [4.78, 5) is 60.6. The van der Waals surface area contributed by atoms with Gasteiger partial charge in [-0.1, -0.05) is 12.1 Å². The van der Waals surface area contributed by atoms with E-state index in [9.17, 15) is 45.5 Å². The summed E-state index contributed by atoms with van der Waals surface area (Å²) in [5.41, 5.74) is -2.11. The molecular formula is C41H46F6N10O4S. The molecule has 1 aromatic carbocycles. The Hall–Kier alpha value is -5.20. The van der Waals surface area contributed by atoms with Gasteiger partial charge in [0.2, 0.25) is 17.7 Å². The van der Waals surface area contributed by atoms with Crippen LogP contribution >= 0.6 is 12.2 Å². The molecule has 1 aliphatic carbocycles. The van der Waals surface area contributed by atoms with Crippen LogP contribution in [0.25, 0.3) is 10.9 Å². The highest BCUT2D eigenvalue weighted by molar-refractivity contribution is 7.80. The third kappa shape index (κ3) is 8.86. The molecule has 1 saturated carbocycles. The van der Waals surface area contributed by atoms with Crippen molar-refractivity contribution in [2.45, 2.75) is 101 Å². The Morgan fingerprint density at radius 1 is 1.06 bits per heavy atom. The molecule has 0 bridgehead atoms. The summed E-state index contributed by atoms with van der Waals surface area (Å²) in [5.74, 6) is -2.35. The number of halogens is 6. The second-order valence-corrected chi connectivity index (χ2v) is 17.3. The number of benzene rings is 1. The van der Waals surface area contributed by atoms with E-state index in [1.165, 1.54) is 10.8 Å². The van der Waals surface area contributed by atoms with Crippen molar-refractivity contribution >= 4 is 63.2 Å². The van der Waals surface area contributed by atoms with E-state index in [4.69, 9.17) is 17.5 Å². The second-order valence-electron chi connectivity index (χ2n) is 17.0. The summed E-state index contributed by atoms with van der Waals surface area (Å²) >= 11 is 5.69. The highest BCUT2D eigenvalue weighted by atomic mass is 32.1. The van der Waals surface area contributed by atoms with Crippen LogP contribution in [0.3, 0.4) is 0 Å². The number of pyridine rings is 1. The predicted octanol–water partition coefficient (Wildman–Crippen LogP) is 5.62. The number of carbonyl (C=O) groups is 4. The number of amides is 4. The molecule has 0 spiro atoms. The smallest absolute Gasteiger partial charge is 0.331 e. The van der Waals surface area contributed by atoms with Crippen molar-refractivity contribution in [1.29, 1.82) is 5.26 Å². The van der Waals surface area contributed by atoms with Crippen LogP contribution in [0.5, 0.6) is 0 Å². The number of para-hydroxylation sites is 1. The molecule has 1 unspecified atom stereocenters. The lowest BCUT2D eigenvalue weighted by Gasteiger charge is -2.42. The number of carbonyl (C=O) groups excluding carboxylic acids is 4. The van der Waals surface area contributed by atoms with Gasteiger partial charge in [0.05, 0.1) is 46.8 Å². The zero-order valence-corrected chi connectivity index (χ0v) is 35.1. The molecule has 5 heterocycles. The van der Waals surface area contributed by atoms with E-state index in [0.29, 0.717) is 54.6 Å². The quantitative estimate of drug-likeness (QED) is 0.148. The molecule has 3 aromatic rings. The predicted molar refractivity (Wildman–Crippen MR) is 217 cm³/mol. The Labute approximate surface area is 358 Å². The van der Waals surface area contributed by atoms with Gasteiger partial charge >= 0.3 is 12.4 Å². The maximum absolute atomic E-state index is 14.5. The number of nitriles is 1. The molecule has 2 aromatic heterocycles. The summed E-state index contributed by atoms with van der Waals surface area (Å²) in [5, 5.41) is 19.4. The minimum Gasteiger partial charge on any atom is -0.331 e. The molecule has 62 heavy (non-hydrogen) atoms. The van der Waals surface area contributed by atoms with E-state index in [0.717, 1.165) is 41.3 Å². The van der Waals surface area contributed by atoms with Gasteiger partial charge in [-0.05, 0) is 95.6 Å². The van der Waals surface area contributed by atoms with Crippen molar-refractivity contribution in [3.05, 3.63) is 47.4 Å². The van der Waals surface area contributed by atoms with Crippen molar-refractivity contribution < 1.29 is 45.5 Å². The molecule has 332 valence electrons. The van der Waals surface area contributed by atoms with Crippen LogP contribution in [0, 0.1) is 17.2 Å². The summed E-state index contributed by atoms with van der Waals surface area (Å²) in [6.07, 6.45) is -3.71. The van der Waals surface area contributed by atoms with Crippen LogP contribution in [0.15, 0.2) is 30.5 Å². The van der Waals surface area contributed by atoms with Gasteiger partial charge in [-0.25, -0.2) is 4.98 Å². The van der Waals surface area contributed by atoms with Gasteiger partial charge in [-0.2, -0.15) is 36.7 Å². The van der Waals surface area contributed by atoms with E-state index in [2.05, 4.69) is 20.7 Å². The second kappa shape index (κ2) is 17.2. The molecule has 14 nitrogen and oxygen atoms in total. The van der Waals surface area contributed by atoms with Gasteiger partial charge < -0.3 is 15.1 Å². The van der Waals surface area contributed by atoms with Crippen LogP contribution < -0.4 is 15.5 Å². The minimum absolute atomic E-state index is 0.0234. The normalized spacial score (nSPS) is 24.1. The van der Waals surface area contributed by atoms with Crippen molar-refractivity contribution in [3.63, 3.8) is 0 Å². The SMILES string of the molecule is Cn1nc(C2CCC(=O)NC2=O)c2cccc(NC(=O)CN3CCN(CCC[C@H]4CC[C@H](N5C(=S)N(c6cnc(C#N)c(C(F)(F)F)c6)C(=O)C5(C)C)CC4)C[C@@H]3C(F)(F)F)c21. The Balaban J connectivity index is 0.910. The molecule has 2 N–H and O–H groups in total. The number of thiocarbonyl (C=S) groups is 1. The number of rotatable bonds is 10. The molecular weight excluding hydrogens is 843 g/mol. The first kappa shape index (κ1) is 44.8. The summed E-state index contributed by atoms with van der Waals surface area (Å²) in [6, 6.07) is 5.15. The van der Waals surface area contributed by atoms with Crippen molar-refractivity contribution in [2.75, 3.05) is 42.9 Å². The Morgan fingerprint density at radius 3 is 2.45 bits per heavy atom. The maximum atomic E-state index is 14.5. The number of fused-ring (bicyclic) bond motifs is 1. The standard InChI is InChI=1S/C41H46F6N10O4S/c1-39(2)37(61)56(25-18-28(40(42,43)44)30(19-48)49-20-25)38(62)57(39)24-11-9-23(10-12-24)6-5-15-54-16-17-55(31(21-54)41(45,46)47)22-33(59)50-29-8-4-7-26-34(52-53(3)35(26)29)27-13-14-32(58)51-36(27)60/h4,7-8,18,20,23-24,27,31H,5-6,9-17,21-22H2,1-3H3,(H,50,59)(H,51,58,60)/t23-,24-,27?,31-/m1/s1. The number of aryl methyl sites for hydroxylation is 1. The number of nitrogens with zero attached hydrogens (tertiary/aromatic N) is 8. The van der Waals surface area contributed by atoms with Crippen molar-refractivity contribution in [1.82, 2.24) is 34.8 Å². The average molecular weight is 889 g/mol. The first-order valence-corrected chi connectivity index (χ1v) is 20.9. The van der Waals surface area contributed by atoms with Gasteiger partial charge in [0.25, 0.3) is 5.91 Å². The third-order valence-electron chi connectivity index (χ3n) is 12.6. The van der Waals surface area contributed by atoms with E-state index in [1.54, 1.807) is 48.9 Å². The lowest BCUT2D eigenvalue weighted by Crippen LogP contribution is -2.60. The topological polar surface area (TPSA) is 160 Å². The summed E-state index contributed by atoms with van der Waals surface area (Å²) in [7, 11) is 1.64.